The van der Waals surface area contributed by atoms with Gasteiger partial charge in [-0.25, -0.2) is 8.42 Å². The molecule has 1 rings (SSSR count). The second-order valence-corrected chi connectivity index (χ2v) is 7.88. The number of aryl methyl sites for hydroxylation is 1. The molecule has 0 saturated heterocycles. The van der Waals surface area contributed by atoms with Crippen LogP contribution in [0.15, 0.2) is 29.2 Å². The van der Waals surface area contributed by atoms with Crippen molar-refractivity contribution < 1.29 is 13.2 Å². The van der Waals surface area contributed by atoms with Gasteiger partial charge in [-0.15, -0.1) is 11.6 Å². The van der Waals surface area contributed by atoms with Crippen molar-refractivity contribution in [2.45, 2.75) is 31.1 Å². The van der Waals surface area contributed by atoms with Crippen LogP contribution in [0.3, 0.4) is 0 Å². The van der Waals surface area contributed by atoms with Crippen molar-refractivity contribution in [2.24, 2.45) is 0 Å². The normalized spacial score (nSPS) is 11.7. The summed E-state index contributed by atoms with van der Waals surface area (Å²) in [7, 11) is -0.438. The van der Waals surface area contributed by atoms with Crippen molar-refractivity contribution in [1.82, 2.24) is 9.21 Å². The lowest BCUT2D eigenvalue weighted by molar-refractivity contribution is -0.128. The van der Waals surface area contributed by atoms with Crippen molar-refractivity contribution in [3.05, 3.63) is 29.8 Å². The highest BCUT2D eigenvalue weighted by Crippen LogP contribution is 2.18. The van der Waals surface area contributed by atoms with Crippen LogP contribution in [-0.4, -0.2) is 56.6 Å². The van der Waals surface area contributed by atoms with Gasteiger partial charge in [-0.05, 0) is 37.0 Å². The molecule has 0 heterocycles. The van der Waals surface area contributed by atoms with E-state index < -0.39 is 10.0 Å². The first kappa shape index (κ1) is 19.9. The number of carbonyl (C=O) groups is 1. The first-order valence-electron chi connectivity index (χ1n) is 7.68. The van der Waals surface area contributed by atoms with E-state index in [-0.39, 0.29) is 17.3 Å². The van der Waals surface area contributed by atoms with Gasteiger partial charge in [0.1, 0.15) is 0 Å². The van der Waals surface area contributed by atoms with E-state index in [9.17, 15) is 13.2 Å². The minimum absolute atomic E-state index is 0.142. The van der Waals surface area contributed by atoms with E-state index in [0.717, 1.165) is 18.4 Å². The highest BCUT2D eigenvalue weighted by atomic mass is 35.5. The molecular formula is C16H25ClN2O3S. The largest absolute Gasteiger partial charge is 0.348 e. The van der Waals surface area contributed by atoms with Crippen molar-refractivity contribution in [3.8, 4) is 0 Å². The van der Waals surface area contributed by atoms with Crippen LogP contribution in [0, 0.1) is 0 Å². The van der Waals surface area contributed by atoms with E-state index in [1.807, 2.05) is 6.92 Å². The maximum atomic E-state index is 12.7. The Morgan fingerprint density at radius 3 is 2.26 bits per heavy atom. The fourth-order valence-corrected chi connectivity index (χ4v) is 3.69. The molecule has 1 aromatic rings. The molecule has 0 aliphatic heterocycles. The zero-order valence-electron chi connectivity index (χ0n) is 14.0. The quantitative estimate of drug-likeness (QED) is 0.635. The fraction of sp³-hybridized carbons (Fsp3) is 0.562. The number of amides is 1. The first-order chi connectivity index (χ1) is 10.8. The SMILES string of the molecule is CCCN(CC(=O)N(C)C)S(=O)(=O)c1ccc(CCCCl)cc1. The fourth-order valence-electron chi connectivity index (χ4n) is 2.07. The van der Waals surface area contributed by atoms with E-state index in [4.69, 9.17) is 11.6 Å². The van der Waals surface area contributed by atoms with Gasteiger partial charge >= 0.3 is 0 Å². The molecule has 0 spiro atoms. The highest BCUT2D eigenvalue weighted by Gasteiger charge is 2.26. The Bertz CT molecular complexity index is 600. The van der Waals surface area contributed by atoms with Crippen LogP contribution in [0.4, 0.5) is 0 Å². The number of benzene rings is 1. The number of hydrogen-bond donors (Lipinski definition) is 0. The Morgan fingerprint density at radius 1 is 1.17 bits per heavy atom. The minimum atomic E-state index is -3.67. The lowest BCUT2D eigenvalue weighted by Gasteiger charge is -2.23. The number of nitrogens with zero attached hydrogens (tertiary/aromatic N) is 2. The van der Waals surface area contributed by atoms with Gasteiger partial charge in [0, 0.05) is 26.5 Å². The summed E-state index contributed by atoms with van der Waals surface area (Å²) in [6.45, 7) is 2.06. The highest BCUT2D eigenvalue weighted by molar-refractivity contribution is 7.89. The van der Waals surface area contributed by atoms with Gasteiger partial charge in [0.15, 0.2) is 0 Å². The third-order valence-electron chi connectivity index (χ3n) is 3.44. The first-order valence-corrected chi connectivity index (χ1v) is 9.65. The molecule has 1 aromatic carbocycles. The number of carbonyl (C=O) groups excluding carboxylic acids is 1. The molecule has 0 saturated carbocycles. The Kier molecular flexibility index (Phi) is 8.02. The van der Waals surface area contributed by atoms with Gasteiger partial charge in [0.2, 0.25) is 15.9 Å². The summed E-state index contributed by atoms with van der Waals surface area (Å²) in [5, 5.41) is 0. The van der Waals surface area contributed by atoms with Gasteiger partial charge in [-0.3, -0.25) is 4.79 Å². The van der Waals surface area contributed by atoms with Crippen LogP contribution in [0.25, 0.3) is 0 Å². The summed E-state index contributed by atoms with van der Waals surface area (Å²) in [6, 6.07) is 6.80. The number of alkyl halides is 1. The second kappa shape index (κ2) is 9.25. The molecule has 0 fully saturated rings. The monoisotopic (exact) mass is 360 g/mol. The Hall–Kier alpha value is -1.11. The number of halogens is 1. The van der Waals surface area contributed by atoms with Crippen molar-refractivity contribution in [3.63, 3.8) is 0 Å². The van der Waals surface area contributed by atoms with E-state index in [1.54, 1.807) is 38.4 Å². The van der Waals surface area contributed by atoms with Crippen molar-refractivity contribution in [2.75, 3.05) is 33.1 Å². The standard InChI is InChI=1S/C16H25ClN2O3S/c1-4-12-19(13-16(20)18(2)3)23(21,22)15-9-7-14(8-10-15)6-5-11-17/h7-10H,4-6,11-13H2,1-3H3. The number of rotatable bonds is 9. The van der Waals surface area contributed by atoms with E-state index in [2.05, 4.69) is 0 Å². The van der Waals surface area contributed by atoms with Crippen molar-refractivity contribution in [1.29, 1.82) is 0 Å². The number of likely N-dealkylation sites (N-methyl/N-ethyl adjacent to an activating group) is 1. The molecule has 0 unspecified atom stereocenters. The lowest BCUT2D eigenvalue weighted by atomic mass is 10.1. The summed E-state index contributed by atoms with van der Waals surface area (Å²) >= 11 is 5.67. The van der Waals surface area contributed by atoms with Crippen LogP contribution in [0.5, 0.6) is 0 Å². The maximum Gasteiger partial charge on any atom is 0.243 e. The Labute approximate surface area is 144 Å². The van der Waals surface area contributed by atoms with Crippen LogP contribution in [-0.2, 0) is 21.2 Å². The molecule has 5 nitrogen and oxygen atoms in total. The molecule has 0 atom stereocenters. The summed E-state index contributed by atoms with van der Waals surface area (Å²) in [5.74, 6) is 0.345. The predicted molar refractivity (Wildman–Crippen MR) is 93.2 cm³/mol. The van der Waals surface area contributed by atoms with E-state index in [1.165, 1.54) is 9.21 Å². The van der Waals surface area contributed by atoms with Crippen LogP contribution in [0.1, 0.15) is 25.3 Å². The minimum Gasteiger partial charge on any atom is -0.348 e. The van der Waals surface area contributed by atoms with Crippen molar-refractivity contribution >= 4 is 27.5 Å². The maximum absolute atomic E-state index is 12.7. The average Bonchev–Trinajstić information content (AvgIpc) is 2.52. The molecule has 1 amide bonds. The molecule has 0 aliphatic rings. The Balaban J connectivity index is 2.97. The predicted octanol–water partition coefficient (Wildman–Crippen LogP) is 2.35. The summed E-state index contributed by atoms with van der Waals surface area (Å²) in [4.78, 5) is 13.5. The molecule has 0 radical (unpaired) electrons. The summed E-state index contributed by atoms with van der Waals surface area (Å²) < 4.78 is 26.7. The molecule has 0 bridgehead atoms. The van der Waals surface area contributed by atoms with Gasteiger partial charge in [-0.1, -0.05) is 19.1 Å². The average molecular weight is 361 g/mol. The second-order valence-electron chi connectivity index (χ2n) is 5.56. The molecule has 0 aromatic heterocycles. The third kappa shape index (κ3) is 5.79. The zero-order chi connectivity index (χ0) is 17.5. The molecule has 23 heavy (non-hydrogen) atoms. The molecule has 7 heteroatoms. The third-order valence-corrected chi connectivity index (χ3v) is 5.57. The van der Waals surface area contributed by atoms with E-state index >= 15 is 0 Å². The van der Waals surface area contributed by atoms with Crippen LogP contribution >= 0.6 is 11.6 Å². The zero-order valence-corrected chi connectivity index (χ0v) is 15.5. The topological polar surface area (TPSA) is 57.7 Å². The van der Waals surface area contributed by atoms with Gasteiger partial charge in [0.25, 0.3) is 0 Å². The molecule has 0 N–H and O–H groups in total. The number of hydrogen-bond acceptors (Lipinski definition) is 3. The smallest absolute Gasteiger partial charge is 0.243 e. The lowest BCUT2D eigenvalue weighted by Crippen LogP contribution is -2.40. The summed E-state index contributed by atoms with van der Waals surface area (Å²) in [5.41, 5.74) is 1.05. The van der Waals surface area contributed by atoms with E-state index in [0.29, 0.717) is 18.8 Å². The molecule has 130 valence electrons. The molecule has 0 aliphatic carbocycles. The molecular weight excluding hydrogens is 336 g/mol. The van der Waals surface area contributed by atoms with Crippen LogP contribution in [0.2, 0.25) is 0 Å². The number of sulfonamides is 1. The van der Waals surface area contributed by atoms with Crippen LogP contribution < -0.4 is 0 Å². The van der Waals surface area contributed by atoms with Gasteiger partial charge in [-0.2, -0.15) is 4.31 Å². The summed E-state index contributed by atoms with van der Waals surface area (Å²) in [6.07, 6.45) is 2.32. The Morgan fingerprint density at radius 2 is 1.78 bits per heavy atom. The van der Waals surface area contributed by atoms with Gasteiger partial charge in [0.05, 0.1) is 11.4 Å². The van der Waals surface area contributed by atoms with Gasteiger partial charge < -0.3 is 4.90 Å².